The molecule has 0 aromatic rings. The zero-order valence-corrected chi connectivity index (χ0v) is 13.6. The van der Waals surface area contributed by atoms with Gasteiger partial charge >= 0.3 is 12.0 Å². The number of carbonyl (C=O) groups is 4. The molecule has 2 saturated heterocycles. The Kier molecular flexibility index (Phi) is 4.47. The number of nitrogens with one attached hydrogen (secondary N) is 1. The number of carbonyl (C=O) groups excluding carboxylic acids is 3. The molecule has 0 aromatic carbocycles. The maximum absolute atomic E-state index is 12.5. The van der Waals surface area contributed by atoms with Crippen LogP contribution in [0, 0.1) is 5.92 Å². The third-order valence-electron chi connectivity index (χ3n) is 5.45. The third-order valence-corrected chi connectivity index (χ3v) is 5.45. The number of imide groups is 1. The highest BCUT2D eigenvalue weighted by molar-refractivity contribution is 6.07. The van der Waals surface area contributed by atoms with Gasteiger partial charge < -0.3 is 15.3 Å². The van der Waals surface area contributed by atoms with E-state index in [0.29, 0.717) is 38.8 Å². The number of rotatable bonds is 4. The van der Waals surface area contributed by atoms with Crippen molar-refractivity contribution in [3.8, 4) is 0 Å². The van der Waals surface area contributed by atoms with Gasteiger partial charge in [0, 0.05) is 26.1 Å². The molecule has 0 radical (unpaired) electrons. The second-order valence-electron chi connectivity index (χ2n) is 6.92. The van der Waals surface area contributed by atoms with Crippen molar-refractivity contribution in [3.63, 3.8) is 0 Å². The minimum Gasteiger partial charge on any atom is -0.481 e. The lowest BCUT2D eigenvalue weighted by atomic mass is 9.97. The molecular weight excluding hydrogens is 314 g/mol. The summed E-state index contributed by atoms with van der Waals surface area (Å²) in [5, 5.41) is 11.8. The van der Waals surface area contributed by atoms with Gasteiger partial charge in [0.15, 0.2) is 0 Å². The molecule has 0 atom stereocenters. The normalized spacial score (nSPS) is 23.8. The van der Waals surface area contributed by atoms with Gasteiger partial charge in [0.25, 0.3) is 5.91 Å². The first-order valence-electron chi connectivity index (χ1n) is 8.58. The summed E-state index contributed by atoms with van der Waals surface area (Å²) in [6, 6.07) is -0.403. The van der Waals surface area contributed by atoms with E-state index >= 15 is 0 Å². The summed E-state index contributed by atoms with van der Waals surface area (Å²) in [7, 11) is 0. The molecule has 1 saturated carbocycles. The number of carboxylic acid groups (broad SMARTS) is 1. The van der Waals surface area contributed by atoms with Crippen LogP contribution in [0.5, 0.6) is 0 Å². The fraction of sp³-hybridized carbons (Fsp3) is 0.750. The van der Waals surface area contributed by atoms with E-state index in [4.69, 9.17) is 5.11 Å². The van der Waals surface area contributed by atoms with Gasteiger partial charge in [0.2, 0.25) is 5.91 Å². The Morgan fingerprint density at radius 2 is 1.79 bits per heavy atom. The van der Waals surface area contributed by atoms with Gasteiger partial charge in [-0.05, 0) is 25.7 Å². The van der Waals surface area contributed by atoms with E-state index in [2.05, 4.69) is 5.32 Å². The van der Waals surface area contributed by atoms with Crippen molar-refractivity contribution in [3.05, 3.63) is 0 Å². The summed E-state index contributed by atoms with van der Waals surface area (Å²) < 4.78 is 0. The Bertz CT molecular complexity index is 562. The zero-order valence-electron chi connectivity index (χ0n) is 13.6. The molecule has 0 bridgehead atoms. The van der Waals surface area contributed by atoms with Gasteiger partial charge in [-0.25, -0.2) is 4.79 Å². The van der Waals surface area contributed by atoms with Crippen LogP contribution in [0.3, 0.4) is 0 Å². The lowest BCUT2D eigenvalue weighted by Gasteiger charge is -2.30. The van der Waals surface area contributed by atoms with Crippen molar-refractivity contribution < 1.29 is 24.3 Å². The van der Waals surface area contributed by atoms with E-state index in [1.807, 2.05) is 0 Å². The van der Waals surface area contributed by atoms with E-state index < -0.39 is 17.5 Å². The van der Waals surface area contributed by atoms with Crippen LogP contribution in [0.4, 0.5) is 4.79 Å². The highest BCUT2D eigenvalue weighted by atomic mass is 16.4. The summed E-state index contributed by atoms with van der Waals surface area (Å²) in [5.74, 6) is -1.54. The number of likely N-dealkylation sites (tertiary alicyclic amines) is 1. The molecule has 2 aliphatic heterocycles. The Morgan fingerprint density at radius 3 is 2.38 bits per heavy atom. The molecule has 3 rings (SSSR count). The van der Waals surface area contributed by atoms with Gasteiger partial charge in [-0.2, -0.15) is 0 Å². The largest absolute Gasteiger partial charge is 0.481 e. The number of piperidine rings is 1. The van der Waals surface area contributed by atoms with Crippen LogP contribution in [-0.2, 0) is 14.4 Å². The zero-order chi connectivity index (χ0) is 17.3. The van der Waals surface area contributed by atoms with Crippen molar-refractivity contribution >= 4 is 23.8 Å². The monoisotopic (exact) mass is 337 g/mol. The number of hydrogen-bond donors (Lipinski definition) is 2. The Balaban J connectivity index is 1.51. The maximum Gasteiger partial charge on any atom is 0.325 e. The van der Waals surface area contributed by atoms with Crippen LogP contribution < -0.4 is 5.32 Å². The number of aliphatic carboxylic acids is 1. The molecule has 24 heavy (non-hydrogen) atoms. The molecule has 3 fully saturated rings. The molecule has 132 valence electrons. The van der Waals surface area contributed by atoms with Crippen molar-refractivity contribution in [2.75, 3.05) is 19.6 Å². The Hall–Kier alpha value is -2.12. The fourth-order valence-electron chi connectivity index (χ4n) is 3.94. The first-order valence-corrected chi connectivity index (χ1v) is 8.58. The van der Waals surface area contributed by atoms with E-state index in [0.717, 1.165) is 17.7 Å². The van der Waals surface area contributed by atoms with E-state index in [-0.39, 0.29) is 30.7 Å². The summed E-state index contributed by atoms with van der Waals surface area (Å²) in [4.78, 5) is 50.5. The van der Waals surface area contributed by atoms with Crippen molar-refractivity contribution in [2.24, 2.45) is 5.92 Å². The Morgan fingerprint density at radius 1 is 1.17 bits per heavy atom. The topological polar surface area (TPSA) is 107 Å². The first-order chi connectivity index (χ1) is 11.4. The summed E-state index contributed by atoms with van der Waals surface area (Å²) in [6.45, 7) is 0.921. The highest BCUT2D eigenvalue weighted by Crippen LogP contribution is 2.35. The molecular formula is C16H23N3O5. The van der Waals surface area contributed by atoms with E-state index in [9.17, 15) is 19.2 Å². The highest BCUT2D eigenvalue weighted by Gasteiger charge is 2.52. The fourth-order valence-corrected chi connectivity index (χ4v) is 3.94. The van der Waals surface area contributed by atoms with Crippen LogP contribution in [0.15, 0.2) is 0 Å². The number of amides is 4. The Labute approximate surface area is 140 Å². The number of hydrogen-bond acceptors (Lipinski definition) is 4. The number of urea groups is 1. The van der Waals surface area contributed by atoms with Crippen LogP contribution in [0.25, 0.3) is 0 Å². The van der Waals surface area contributed by atoms with Crippen molar-refractivity contribution in [1.29, 1.82) is 0 Å². The second kappa shape index (κ2) is 6.41. The van der Waals surface area contributed by atoms with Gasteiger partial charge in [-0.1, -0.05) is 12.8 Å². The maximum atomic E-state index is 12.5. The van der Waals surface area contributed by atoms with E-state index in [1.165, 1.54) is 0 Å². The SMILES string of the molecule is O=C(O)C1CCN(C(=O)CCN2C(=O)NC3(CCCC3)C2=O)CC1. The standard InChI is InChI=1S/C16H23N3O5/c20-12(18-8-3-11(4-9-18)13(21)22)5-10-19-14(23)16(17-15(19)24)6-1-2-7-16/h11H,1-10H2,(H,17,24)(H,21,22). The van der Waals surface area contributed by atoms with Gasteiger partial charge in [0.05, 0.1) is 5.92 Å². The molecule has 0 aromatic heterocycles. The third kappa shape index (κ3) is 2.97. The van der Waals surface area contributed by atoms with Crippen LogP contribution >= 0.6 is 0 Å². The number of carboxylic acids is 1. The predicted molar refractivity (Wildman–Crippen MR) is 83.0 cm³/mol. The quantitative estimate of drug-likeness (QED) is 0.729. The lowest BCUT2D eigenvalue weighted by molar-refractivity contribution is -0.146. The minimum absolute atomic E-state index is 0.0874. The molecule has 4 amide bonds. The van der Waals surface area contributed by atoms with E-state index in [1.54, 1.807) is 4.90 Å². The lowest BCUT2D eigenvalue weighted by Crippen LogP contribution is -2.44. The van der Waals surface area contributed by atoms with Crippen LogP contribution in [0.2, 0.25) is 0 Å². The molecule has 2 N–H and O–H groups in total. The van der Waals surface area contributed by atoms with Crippen molar-refractivity contribution in [1.82, 2.24) is 15.1 Å². The van der Waals surface area contributed by atoms with Crippen molar-refractivity contribution in [2.45, 2.75) is 50.5 Å². The molecule has 1 spiro atoms. The molecule has 0 unspecified atom stereocenters. The smallest absolute Gasteiger partial charge is 0.325 e. The first kappa shape index (κ1) is 16.7. The minimum atomic E-state index is -0.816. The summed E-state index contributed by atoms with van der Waals surface area (Å²) in [5.41, 5.74) is -0.736. The van der Waals surface area contributed by atoms with Gasteiger partial charge in [-0.3, -0.25) is 19.3 Å². The number of nitrogens with zero attached hydrogens (tertiary/aromatic N) is 2. The molecule has 8 heteroatoms. The molecule has 8 nitrogen and oxygen atoms in total. The summed E-state index contributed by atoms with van der Waals surface area (Å²) >= 11 is 0. The molecule has 2 heterocycles. The average molecular weight is 337 g/mol. The molecule has 1 aliphatic carbocycles. The van der Waals surface area contributed by atoms with Gasteiger partial charge in [0.1, 0.15) is 5.54 Å². The molecule has 3 aliphatic rings. The average Bonchev–Trinajstić information content (AvgIpc) is 3.12. The predicted octanol–water partition coefficient (Wildman–Crippen LogP) is 0.564. The van der Waals surface area contributed by atoms with Crippen LogP contribution in [-0.4, -0.2) is 63.9 Å². The summed E-state index contributed by atoms with van der Waals surface area (Å²) in [6.07, 6.45) is 4.19. The van der Waals surface area contributed by atoms with Gasteiger partial charge in [-0.15, -0.1) is 0 Å². The second-order valence-corrected chi connectivity index (χ2v) is 6.92. The van der Waals surface area contributed by atoms with Crippen LogP contribution in [0.1, 0.15) is 44.9 Å².